The second-order valence-corrected chi connectivity index (χ2v) is 9.34. The first-order valence-electron chi connectivity index (χ1n) is 8.55. The summed E-state index contributed by atoms with van der Waals surface area (Å²) in [5, 5.41) is 2.09. The molecular weight excluding hydrogens is 332 g/mol. The highest BCUT2D eigenvalue weighted by Gasteiger charge is 2.52. The third-order valence-electron chi connectivity index (χ3n) is 5.44. The Kier molecular flexibility index (Phi) is 4.28. The van der Waals surface area contributed by atoms with Crippen LogP contribution in [0.5, 0.6) is 0 Å². The van der Waals surface area contributed by atoms with Gasteiger partial charge in [-0.3, -0.25) is 0 Å². The monoisotopic (exact) mass is 358 g/mol. The number of hydrogen-bond donors (Lipinski definition) is 2. The van der Waals surface area contributed by atoms with E-state index in [2.05, 4.69) is 10.0 Å². The van der Waals surface area contributed by atoms with E-state index in [4.69, 9.17) is 0 Å². The van der Waals surface area contributed by atoms with Crippen LogP contribution >= 0.6 is 0 Å². The number of carbonyl (C=O) groups is 2. The van der Waals surface area contributed by atoms with Crippen LogP contribution in [0.3, 0.4) is 0 Å². The van der Waals surface area contributed by atoms with E-state index in [9.17, 15) is 18.0 Å². The number of amides is 4. The van der Waals surface area contributed by atoms with Crippen LogP contribution in [0.25, 0.3) is 0 Å². The van der Waals surface area contributed by atoms with Crippen LogP contribution in [-0.2, 0) is 10.0 Å². The summed E-state index contributed by atoms with van der Waals surface area (Å²) < 4.78 is 28.1. The number of rotatable bonds is 4. The van der Waals surface area contributed by atoms with Crippen molar-refractivity contribution in [1.82, 2.24) is 19.8 Å². The number of nitrogens with zero attached hydrogens (tertiary/aromatic N) is 2. The van der Waals surface area contributed by atoms with E-state index in [0.29, 0.717) is 25.8 Å². The zero-order valence-electron chi connectivity index (χ0n) is 14.4. The van der Waals surface area contributed by atoms with E-state index < -0.39 is 27.3 Å². The van der Waals surface area contributed by atoms with E-state index in [1.54, 1.807) is 18.9 Å². The van der Waals surface area contributed by atoms with Gasteiger partial charge in [0.2, 0.25) is 10.0 Å². The summed E-state index contributed by atoms with van der Waals surface area (Å²) in [6, 6.07) is -1.29. The van der Waals surface area contributed by atoms with Gasteiger partial charge in [0, 0.05) is 19.1 Å². The average Bonchev–Trinajstić information content (AvgIpc) is 3.16. The number of urea groups is 2. The van der Waals surface area contributed by atoms with Crippen LogP contribution in [0.2, 0.25) is 0 Å². The van der Waals surface area contributed by atoms with E-state index in [1.807, 2.05) is 6.92 Å². The molecule has 136 valence electrons. The zero-order chi connectivity index (χ0) is 17.7. The van der Waals surface area contributed by atoms with Gasteiger partial charge in [-0.1, -0.05) is 0 Å². The lowest BCUT2D eigenvalue weighted by Gasteiger charge is -2.35. The number of imide groups is 1. The Morgan fingerprint density at radius 2 is 1.96 bits per heavy atom. The van der Waals surface area contributed by atoms with Gasteiger partial charge in [-0.15, -0.1) is 0 Å². The Hall–Kier alpha value is -1.35. The molecule has 1 aliphatic heterocycles. The van der Waals surface area contributed by atoms with E-state index in [-0.39, 0.29) is 17.6 Å². The summed E-state index contributed by atoms with van der Waals surface area (Å²) in [6.07, 6.45) is 3.11. The lowest BCUT2D eigenvalue weighted by atomic mass is 9.90. The molecule has 0 spiro atoms. The van der Waals surface area contributed by atoms with Gasteiger partial charge < -0.3 is 10.2 Å². The Morgan fingerprint density at radius 1 is 1.29 bits per heavy atom. The SMILES string of the molecule is CCNC(=O)N1C(=O)N(C)C2CCC(S(=O)(=O)NC3(C)CC3)CC21. The molecule has 3 unspecified atom stereocenters. The Morgan fingerprint density at radius 3 is 2.54 bits per heavy atom. The van der Waals surface area contributed by atoms with E-state index in [0.717, 1.165) is 12.8 Å². The summed E-state index contributed by atoms with van der Waals surface area (Å²) in [4.78, 5) is 27.4. The molecular formula is C15H26N4O4S. The topological polar surface area (TPSA) is 98.8 Å². The van der Waals surface area contributed by atoms with Gasteiger partial charge in [0.05, 0.1) is 17.3 Å². The van der Waals surface area contributed by atoms with Crippen LogP contribution in [0, 0.1) is 0 Å². The van der Waals surface area contributed by atoms with Crippen LogP contribution in [0.1, 0.15) is 46.0 Å². The predicted molar refractivity (Wildman–Crippen MR) is 89.0 cm³/mol. The number of nitrogens with one attached hydrogen (secondary N) is 2. The minimum atomic E-state index is -3.45. The summed E-state index contributed by atoms with van der Waals surface area (Å²) in [5.74, 6) is 0. The van der Waals surface area contributed by atoms with Crippen molar-refractivity contribution in [2.24, 2.45) is 0 Å². The highest BCUT2D eigenvalue weighted by Crippen LogP contribution is 2.39. The van der Waals surface area contributed by atoms with Gasteiger partial charge in [-0.2, -0.15) is 0 Å². The Labute approximate surface area is 143 Å². The van der Waals surface area contributed by atoms with Crippen LogP contribution in [0.15, 0.2) is 0 Å². The Bertz CT molecular complexity index is 646. The van der Waals surface area contributed by atoms with Crippen molar-refractivity contribution < 1.29 is 18.0 Å². The molecule has 3 fully saturated rings. The van der Waals surface area contributed by atoms with Crippen LogP contribution < -0.4 is 10.0 Å². The van der Waals surface area contributed by atoms with Crippen LogP contribution in [0.4, 0.5) is 9.59 Å². The molecule has 24 heavy (non-hydrogen) atoms. The molecule has 2 aliphatic carbocycles. The predicted octanol–water partition coefficient (Wildman–Crippen LogP) is 0.845. The molecule has 2 N–H and O–H groups in total. The molecule has 0 aromatic carbocycles. The van der Waals surface area contributed by atoms with Crippen LogP contribution in [-0.4, -0.2) is 66.7 Å². The summed E-state index contributed by atoms with van der Waals surface area (Å²) >= 11 is 0. The minimum Gasteiger partial charge on any atom is -0.338 e. The molecule has 0 bridgehead atoms. The standard InChI is InChI=1S/C15H26N4O4S/c1-4-16-13(20)19-12-9-10(5-6-11(12)18(3)14(19)21)24(22,23)17-15(2)7-8-15/h10-12,17H,4-9H2,1-3H3,(H,16,20). The first-order valence-corrected chi connectivity index (χ1v) is 10.1. The highest BCUT2D eigenvalue weighted by molar-refractivity contribution is 7.90. The minimum absolute atomic E-state index is 0.108. The second-order valence-electron chi connectivity index (χ2n) is 7.38. The first kappa shape index (κ1) is 17.5. The lowest BCUT2D eigenvalue weighted by Crippen LogP contribution is -2.52. The fraction of sp³-hybridized carbons (Fsp3) is 0.867. The first-order chi connectivity index (χ1) is 11.2. The van der Waals surface area contributed by atoms with Gasteiger partial charge in [-0.25, -0.2) is 27.6 Å². The molecule has 8 nitrogen and oxygen atoms in total. The normalized spacial score (nSPS) is 31.8. The Balaban J connectivity index is 1.78. The summed E-state index contributed by atoms with van der Waals surface area (Å²) in [6.45, 7) is 4.11. The maximum atomic E-state index is 12.7. The number of fused-ring (bicyclic) bond motifs is 1. The van der Waals surface area contributed by atoms with Crippen molar-refractivity contribution in [2.45, 2.75) is 68.8 Å². The molecule has 3 aliphatic rings. The quantitative estimate of drug-likeness (QED) is 0.778. The van der Waals surface area contributed by atoms with Crippen molar-refractivity contribution in [3.8, 4) is 0 Å². The van der Waals surface area contributed by atoms with Gasteiger partial charge in [-0.05, 0) is 46.0 Å². The van der Waals surface area contributed by atoms with Gasteiger partial charge >= 0.3 is 12.1 Å². The lowest BCUT2D eigenvalue weighted by molar-refractivity contribution is 0.178. The summed E-state index contributed by atoms with van der Waals surface area (Å²) in [5.41, 5.74) is -0.308. The number of likely N-dealkylation sites (N-methyl/N-ethyl adjacent to an activating group) is 1. The molecule has 1 heterocycles. The molecule has 0 aromatic rings. The molecule has 0 radical (unpaired) electrons. The molecule has 4 amide bonds. The second kappa shape index (κ2) is 5.87. The van der Waals surface area contributed by atoms with Gasteiger partial charge in [0.25, 0.3) is 0 Å². The summed E-state index contributed by atoms with van der Waals surface area (Å²) in [7, 11) is -1.77. The highest BCUT2D eigenvalue weighted by atomic mass is 32.2. The maximum Gasteiger partial charge on any atom is 0.328 e. The zero-order valence-corrected chi connectivity index (χ0v) is 15.2. The number of hydrogen-bond acceptors (Lipinski definition) is 4. The van der Waals surface area contributed by atoms with Crippen molar-refractivity contribution in [3.05, 3.63) is 0 Å². The number of carbonyl (C=O) groups excluding carboxylic acids is 2. The van der Waals surface area contributed by atoms with Gasteiger partial charge in [0.1, 0.15) is 0 Å². The third kappa shape index (κ3) is 2.99. The number of sulfonamides is 1. The molecule has 3 atom stereocenters. The third-order valence-corrected chi connectivity index (χ3v) is 7.53. The fourth-order valence-corrected chi connectivity index (χ4v) is 5.70. The van der Waals surface area contributed by atoms with Crippen molar-refractivity contribution >= 4 is 22.1 Å². The van der Waals surface area contributed by atoms with Crippen molar-refractivity contribution in [2.75, 3.05) is 13.6 Å². The maximum absolute atomic E-state index is 12.7. The van der Waals surface area contributed by atoms with Crippen molar-refractivity contribution in [3.63, 3.8) is 0 Å². The molecule has 3 rings (SSSR count). The molecule has 2 saturated carbocycles. The van der Waals surface area contributed by atoms with Gasteiger partial charge in [0.15, 0.2) is 0 Å². The van der Waals surface area contributed by atoms with Crippen molar-refractivity contribution in [1.29, 1.82) is 0 Å². The smallest absolute Gasteiger partial charge is 0.328 e. The van der Waals surface area contributed by atoms with E-state index in [1.165, 1.54) is 4.90 Å². The molecule has 0 aromatic heterocycles. The largest absolute Gasteiger partial charge is 0.338 e. The average molecular weight is 358 g/mol. The van der Waals surface area contributed by atoms with E-state index >= 15 is 0 Å². The molecule has 9 heteroatoms. The fourth-order valence-electron chi connectivity index (χ4n) is 3.75. The molecule has 1 saturated heterocycles.